The molecule has 1 aliphatic heterocycles. The van der Waals surface area contributed by atoms with Crippen LogP contribution < -0.4 is 26.0 Å². The number of nitrogens with zero attached hydrogens (tertiary/aromatic N) is 2. The average molecular weight is 514 g/mol. The van der Waals surface area contributed by atoms with Crippen LogP contribution in [0.25, 0.3) is 10.2 Å². The summed E-state index contributed by atoms with van der Waals surface area (Å²) in [4.78, 5) is 34.0. The maximum atomic E-state index is 13.4. The molecule has 37 heavy (non-hydrogen) atoms. The molecule has 2 aromatic carbocycles. The Bertz CT molecular complexity index is 1490. The van der Waals surface area contributed by atoms with Gasteiger partial charge in [-0.3, -0.25) is 9.69 Å². The average Bonchev–Trinajstić information content (AvgIpc) is 3.27. The van der Waals surface area contributed by atoms with Gasteiger partial charge >= 0.3 is 6.03 Å². The van der Waals surface area contributed by atoms with E-state index in [1.807, 2.05) is 61.5 Å². The summed E-state index contributed by atoms with van der Waals surface area (Å²) in [6, 6.07) is 17.0. The molecule has 188 valence electrons. The van der Waals surface area contributed by atoms with Crippen LogP contribution in [0, 0.1) is 6.92 Å². The normalized spacial score (nSPS) is 19.0. The molecule has 2 aliphatic rings. The number of carbonyl (C=O) groups is 2. The largest absolute Gasteiger partial charge is 0.457 e. The number of benzene rings is 2. The number of hydrogen-bond donors (Lipinski definition) is 3. The molecule has 1 aliphatic carbocycles. The van der Waals surface area contributed by atoms with E-state index in [2.05, 4.69) is 15.6 Å². The van der Waals surface area contributed by atoms with E-state index in [4.69, 9.17) is 10.5 Å². The third-order valence-electron chi connectivity index (χ3n) is 6.95. The second-order valence-electron chi connectivity index (χ2n) is 9.53. The number of urea groups is 1. The Morgan fingerprint density at radius 2 is 1.86 bits per heavy atom. The molecular formula is C28H27N5O3S. The van der Waals surface area contributed by atoms with Gasteiger partial charge in [-0.2, -0.15) is 0 Å². The molecule has 0 spiro atoms. The Morgan fingerprint density at radius 1 is 1.08 bits per heavy atom. The number of carbonyl (C=O) groups excluding carboxylic acids is 2. The van der Waals surface area contributed by atoms with E-state index in [9.17, 15) is 9.59 Å². The topological polar surface area (TPSA) is 110 Å². The lowest BCUT2D eigenvalue weighted by Gasteiger charge is -2.30. The second-order valence-corrected chi connectivity index (χ2v) is 10.5. The summed E-state index contributed by atoms with van der Waals surface area (Å²) < 4.78 is 5.96. The number of nitrogens with two attached hydrogens (primary N) is 1. The van der Waals surface area contributed by atoms with Crippen molar-refractivity contribution in [3.8, 4) is 11.5 Å². The molecule has 2 aromatic heterocycles. The van der Waals surface area contributed by atoms with Gasteiger partial charge in [0.25, 0.3) is 5.91 Å². The predicted molar refractivity (Wildman–Crippen MR) is 146 cm³/mol. The van der Waals surface area contributed by atoms with Crippen LogP contribution in [-0.4, -0.2) is 29.0 Å². The molecule has 0 atom stereocenters. The summed E-state index contributed by atoms with van der Waals surface area (Å²) in [7, 11) is 0. The highest BCUT2D eigenvalue weighted by molar-refractivity contribution is 7.21. The van der Waals surface area contributed by atoms with Gasteiger partial charge < -0.3 is 21.1 Å². The van der Waals surface area contributed by atoms with E-state index in [0.717, 1.165) is 48.1 Å². The molecule has 9 heteroatoms. The number of thiophene rings is 1. The number of pyridine rings is 1. The van der Waals surface area contributed by atoms with Crippen molar-refractivity contribution in [2.24, 2.45) is 5.73 Å². The third kappa shape index (κ3) is 4.41. The van der Waals surface area contributed by atoms with Crippen LogP contribution in [0.5, 0.6) is 11.5 Å². The first-order valence-electron chi connectivity index (χ1n) is 12.4. The Hall–Kier alpha value is -3.95. The summed E-state index contributed by atoms with van der Waals surface area (Å²) in [5.74, 6) is 1.24. The number of aryl methyl sites for hydroxylation is 1. The van der Waals surface area contributed by atoms with Crippen molar-refractivity contribution in [3.63, 3.8) is 0 Å². The van der Waals surface area contributed by atoms with Crippen molar-refractivity contribution in [2.45, 2.75) is 44.7 Å². The minimum atomic E-state index is -0.323. The van der Waals surface area contributed by atoms with Crippen LogP contribution in [-0.2, 0) is 0 Å². The summed E-state index contributed by atoms with van der Waals surface area (Å²) >= 11 is 1.30. The summed E-state index contributed by atoms with van der Waals surface area (Å²) in [6.45, 7) is 1.94. The van der Waals surface area contributed by atoms with Crippen LogP contribution in [0.4, 0.5) is 21.9 Å². The zero-order chi connectivity index (χ0) is 25.5. The number of rotatable bonds is 5. The van der Waals surface area contributed by atoms with E-state index in [0.29, 0.717) is 26.8 Å². The molecule has 0 bridgehead atoms. The summed E-state index contributed by atoms with van der Waals surface area (Å²) in [5.41, 5.74) is 8.84. The Kier molecular flexibility index (Phi) is 6.02. The number of para-hydroxylation sites is 1. The molecule has 3 heterocycles. The minimum absolute atomic E-state index is 0.0900. The number of ether oxygens (including phenoxy) is 1. The Morgan fingerprint density at radius 3 is 2.62 bits per heavy atom. The monoisotopic (exact) mass is 513 g/mol. The molecule has 0 radical (unpaired) electrons. The van der Waals surface area contributed by atoms with Crippen LogP contribution in [0.2, 0.25) is 0 Å². The predicted octanol–water partition coefficient (Wildman–Crippen LogP) is 6.08. The Balaban J connectivity index is 1.32. The highest BCUT2D eigenvalue weighted by atomic mass is 32.1. The van der Waals surface area contributed by atoms with Gasteiger partial charge in [-0.25, -0.2) is 9.78 Å². The molecule has 3 amide bonds. The maximum Gasteiger partial charge on any atom is 0.331 e. The molecule has 0 unspecified atom stereocenters. The third-order valence-corrected chi connectivity index (χ3v) is 8.04. The quantitative estimate of drug-likeness (QED) is 0.300. The zero-order valence-corrected chi connectivity index (χ0v) is 21.2. The minimum Gasteiger partial charge on any atom is -0.457 e. The Labute approximate surface area is 218 Å². The lowest BCUT2D eigenvalue weighted by Crippen LogP contribution is -2.40. The van der Waals surface area contributed by atoms with Gasteiger partial charge in [0.15, 0.2) is 0 Å². The van der Waals surface area contributed by atoms with E-state index < -0.39 is 0 Å². The molecule has 1 saturated carbocycles. The van der Waals surface area contributed by atoms with Gasteiger partial charge in [-0.05, 0) is 74.6 Å². The second kappa shape index (κ2) is 9.49. The smallest absolute Gasteiger partial charge is 0.331 e. The van der Waals surface area contributed by atoms with Crippen molar-refractivity contribution in [3.05, 3.63) is 71.2 Å². The standard InChI is InChI=1S/C28H27N5O3S/c1-16-15-20(36-19-5-3-2-4-6-19)11-12-21(16)33-22-13-14-30-27-23(22)24(32-28(33)35)25(37-27)26(34)31-18-9-7-17(29)8-10-18/h2-6,11-15,17-18H,7-10,29H2,1H3,(H,31,34)(H,32,35)/t17-,18-. The number of aromatic nitrogens is 1. The van der Waals surface area contributed by atoms with Crippen LogP contribution in [0.3, 0.4) is 0 Å². The highest BCUT2D eigenvalue weighted by Crippen LogP contribution is 2.46. The number of hydrogen-bond acceptors (Lipinski definition) is 6. The first kappa shape index (κ1) is 23.4. The van der Waals surface area contributed by atoms with Crippen molar-refractivity contribution < 1.29 is 14.3 Å². The van der Waals surface area contributed by atoms with E-state index >= 15 is 0 Å². The van der Waals surface area contributed by atoms with Crippen molar-refractivity contribution in [1.29, 1.82) is 0 Å². The SMILES string of the molecule is Cc1cc(Oc2ccccc2)ccc1N1C(=O)Nc2c(C(=O)N[C@H]3CC[C@H](N)CC3)sc3nccc1c23. The summed E-state index contributed by atoms with van der Waals surface area (Å²) in [5, 5.41) is 6.88. The molecular weight excluding hydrogens is 486 g/mol. The van der Waals surface area contributed by atoms with E-state index in [-0.39, 0.29) is 24.0 Å². The molecule has 1 fully saturated rings. The molecule has 6 rings (SSSR count). The van der Waals surface area contributed by atoms with Gasteiger partial charge in [-0.1, -0.05) is 18.2 Å². The fourth-order valence-electron chi connectivity index (χ4n) is 5.06. The van der Waals surface area contributed by atoms with E-state index in [1.165, 1.54) is 11.3 Å². The lowest BCUT2D eigenvalue weighted by atomic mass is 9.92. The van der Waals surface area contributed by atoms with Gasteiger partial charge in [0.2, 0.25) is 0 Å². The molecule has 0 saturated heterocycles. The van der Waals surface area contributed by atoms with Crippen molar-refractivity contribution >= 4 is 50.6 Å². The molecule has 8 nitrogen and oxygen atoms in total. The first-order chi connectivity index (χ1) is 18.0. The fourth-order valence-corrected chi connectivity index (χ4v) is 6.09. The van der Waals surface area contributed by atoms with Gasteiger partial charge in [0, 0.05) is 18.3 Å². The highest BCUT2D eigenvalue weighted by Gasteiger charge is 2.34. The van der Waals surface area contributed by atoms with Crippen molar-refractivity contribution in [1.82, 2.24) is 10.3 Å². The lowest BCUT2D eigenvalue weighted by molar-refractivity contribution is 0.0931. The number of amides is 3. The number of nitrogens with one attached hydrogen (secondary N) is 2. The van der Waals surface area contributed by atoms with Crippen LogP contribution >= 0.6 is 11.3 Å². The number of anilines is 3. The van der Waals surface area contributed by atoms with Gasteiger partial charge in [-0.15, -0.1) is 11.3 Å². The zero-order valence-electron chi connectivity index (χ0n) is 20.4. The van der Waals surface area contributed by atoms with E-state index in [1.54, 1.807) is 11.1 Å². The molecule has 4 aromatic rings. The van der Waals surface area contributed by atoms with Crippen LogP contribution in [0.1, 0.15) is 40.9 Å². The maximum absolute atomic E-state index is 13.4. The van der Waals surface area contributed by atoms with Crippen molar-refractivity contribution in [2.75, 3.05) is 10.2 Å². The van der Waals surface area contributed by atoms with Gasteiger partial charge in [0.1, 0.15) is 21.2 Å². The van der Waals surface area contributed by atoms with Crippen LogP contribution in [0.15, 0.2) is 60.8 Å². The van der Waals surface area contributed by atoms with Gasteiger partial charge in [0.05, 0.1) is 22.4 Å². The first-order valence-corrected chi connectivity index (χ1v) is 13.2. The summed E-state index contributed by atoms with van der Waals surface area (Å²) in [6.07, 6.45) is 5.20. The molecule has 4 N–H and O–H groups in total. The fraction of sp³-hybridized carbons (Fsp3) is 0.250.